The summed E-state index contributed by atoms with van der Waals surface area (Å²) in [6, 6.07) is 14.3. The van der Waals surface area contributed by atoms with Crippen LogP contribution >= 0.6 is 39.1 Å². The molecule has 0 aromatic heterocycles. The third-order valence-electron chi connectivity index (χ3n) is 3.13. The van der Waals surface area contributed by atoms with E-state index in [1.165, 1.54) is 11.1 Å². The zero-order valence-electron chi connectivity index (χ0n) is 11.2. The average Bonchev–Trinajstić information content (AvgIpc) is 2.41. The van der Waals surface area contributed by atoms with E-state index in [4.69, 9.17) is 23.2 Å². The summed E-state index contributed by atoms with van der Waals surface area (Å²) in [5, 5.41) is 5.00. The molecule has 0 bridgehead atoms. The molecule has 2 aromatic carbocycles. The lowest BCUT2D eigenvalue weighted by atomic mass is 9.99. The highest BCUT2D eigenvalue weighted by Crippen LogP contribution is 2.28. The Kier molecular flexibility index (Phi) is 5.91. The van der Waals surface area contributed by atoms with E-state index < -0.39 is 0 Å². The maximum absolute atomic E-state index is 6.19. The van der Waals surface area contributed by atoms with Crippen molar-refractivity contribution < 1.29 is 0 Å². The molecule has 1 nitrogen and oxygen atoms in total. The van der Waals surface area contributed by atoms with Crippen LogP contribution in [0.2, 0.25) is 10.0 Å². The number of nitrogens with one attached hydrogen (secondary N) is 1. The van der Waals surface area contributed by atoms with Gasteiger partial charge in [-0.05, 0) is 64.3 Å². The molecule has 0 spiro atoms. The zero-order chi connectivity index (χ0) is 14.5. The summed E-state index contributed by atoms with van der Waals surface area (Å²) in [7, 11) is 0. The first-order chi connectivity index (χ1) is 9.60. The molecule has 2 aromatic rings. The summed E-state index contributed by atoms with van der Waals surface area (Å²) < 4.78 is 0.918. The van der Waals surface area contributed by atoms with Crippen LogP contribution in [0.4, 0.5) is 0 Å². The Morgan fingerprint density at radius 3 is 2.60 bits per heavy atom. The molecule has 20 heavy (non-hydrogen) atoms. The van der Waals surface area contributed by atoms with Gasteiger partial charge in [0.25, 0.3) is 0 Å². The lowest BCUT2D eigenvalue weighted by Gasteiger charge is -2.19. The molecule has 0 radical (unpaired) electrons. The molecule has 0 aliphatic rings. The van der Waals surface area contributed by atoms with Gasteiger partial charge in [-0.25, -0.2) is 0 Å². The van der Waals surface area contributed by atoms with Crippen LogP contribution in [-0.2, 0) is 6.42 Å². The molecule has 4 heteroatoms. The van der Waals surface area contributed by atoms with Crippen molar-refractivity contribution in [2.24, 2.45) is 0 Å². The fourth-order valence-electron chi connectivity index (χ4n) is 2.18. The number of hydrogen-bond acceptors (Lipinski definition) is 1. The predicted octanol–water partition coefficient (Wildman–Crippen LogP) is 5.65. The van der Waals surface area contributed by atoms with Crippen molar-refractivity contribution in [2.45, 2.75) is 19.4 Å². The van der Waals surface area contributed by atoms with Crippen molar-refractivity contribution in [1.82, 2.24) is 5.32 Å². The van der Waals surface area contributed by atoms with Gasteiger partial charge in [0.1, 0.15) is 0 Å². The van der Waals surface area contributed by atoms with E-state index >= 15 is 0 Å². The molecular formula is C16H16BrCl2N. The van der Waals surface area contributed by atoms with E-state index in [0.29, 0.717) is 0 Å². The predicted molar refractivity (Wildman–Crippen MR) is 90.7 cm³/mol. The van der Waals surface area contributed by atoms with Crippen LogP contribution in [0.3, 0.4) is 0 Å². The number of benzene rings is 2. The van der Waals surface area contributed by atoms with E-state index in [0.717, 1.165) is 27.5 Å². The first kappa shape index (κ1) is 15.8. The van der Waals surface area contributed by atoms with E-state index in [1.807, 2.05) is 30.3 Å². The minimum atomic E-state index is 0.226. The van der Waals surface area contributed by atoms with Crippen molar-refractivity contribution >= 4 is 39.1 Å². The SMILES string of the molecule is CCNC(Cc1cccc(Cl)c1)c1ccc(Br)c(Cl)c1. The molecule has 2 rings (SSSR count). The Bertz CT molecular complexity index is 586. The minimum absolute atomic E-state index is 0.226. The third kappa shape index (κ3) is 4.23. The molecule has 0 saturated heterocycles. The number of halogens is 3. The van der Waals surface area contributed by atoms with Crippen LogP contribution in [-0.4, -0.2) is 6.54 Å². The standard InChI is InChI=1S/C16H16BrCl2N/c1-2-20-16(9-11-4-3-5-13(18)8-11)12-6-7-14(17)15(19)10-12/h3-8,10,16,20H,2,9H2,1H3. The zero-order valence-corrected chi connectivity index (χ0v) is 14.3. The lowest BCUT2D eigenvalue weighted by Crippen LogP contribution is -2.23. The van der Waals surface area contributed by atoms with Crippen molar-refractivity contribution in [3.8, 4) is 0 Å². The molecule has 106 valence electrons. The van der Waals surface area contributed by atoms with E-state index in [1.54, 1.807) is 0 Å². The van der Waals surface area contributed by atoms with Gasteiger partial charge in [0, 0.05) is 15.5 Å². The largest absolute Gasteiger partial charge is 0.310 e. The van der Waals surface area contributed by atoms with Gasteiger partial charge in [0.05, 0.1) is 5.02 Å². The molecular weight excluding hydrogens is 357 g/mol. The van der Waals surface area contributed by atoms with Crippen LogP contribution in [0.5, 0.6) is 0 Å². The van der Waals surface area contributed by atoms with Gasteiger partial charge in [-0.3, -0.25) is 0 Å². The van der Waals surface area contributed by atoms with Gasteiger partial charge < -0.3 is 5.32 Å². The number of likely N-dealkylation sites (N-methyl/N-ethyl adjacent to an activating group) is 1. The molecule has 0 aliphatic carbocycles. The fourth-order valence-corrected chi connectivity index (χ4v) is 2.83. The maximum atomic E-state index is 6.19. The van der Waals surface area contributed by atoms with Crippen LogP contribution in [0.15, 0.2) is 46.9 Å². The van der Waals surface area contributed by atoms with Gasteiger partial charge in [-0.15, -0.1) is 0 Å². The first-order valence-corrected chi connectivity index (χ1v) is 8.08. The van der Waals surface area contributed by atoms with Crippen molar-refractivity contribution in [2.75, 3.05) is 6.54 Å². The van der Waals surface area contributed by atoms with E-state index in [-0.39, 0.29) is 6.04 Å². The summed E-state index contributed by atoms with van der Waals surface area (Å²) in [6.07, 6.45) is 0.881. The quantitative estimate of drug-likeness (QED) is 0.714. The van der Waals surface area contributed by atoms with Crippen LogP contribution < -0.4 is 5.32 Å². The Hall–Kier alpha value is -0.540. The van der Waals surface area contributed by atoms with Gasteiger partial charge in [-0.1, -0.05) is 48.3 Å². The molecule has 0 heterocycles. The monoisotopic (exact) mass is 371 g/mol. The van der Waals surface area contributed by atoms with E-state index in [2.05, 4.69) is 40.3 Å². The summed E-state index contributed by atoms with van der Waals surface area (Å²) in [5.74, 6) is 0. The van der Waals surface area contributed by atoms with Gasteiger partial charge in [-0.2, -0.15) is 0 Å². The Balaban J connectivity index is 2.24. The van der Waals surface area contributed by atoms with Crippen LogP contribution in [0.1, 0.15) is 24.1 Å². The summed E-state index contributed by atoms with van der Waals surface area (Å²) in [5.41, 5.74) is 2.39. The lowest BCUT2D eigenvalue weighted by molar-refractivity contribution is 0.550. The second kappa shape index (κ2) is 7.46. The normalized spacial score (nSPS) is 12.4. The molecule has 1 unspecified atom stereocenters. The maximum Gasteiger partial charge on any atom is 0.0551 e. The third-order valence-corrected chi connectivity index (χ3v) is 4.59. The highest BCUT2D eigenvalue weighted by molar-refractivity contribution is 9.10. The second-order valence-electron chi connectivity index (χ2n) is 4.62. The topological polar surface area (TPSA) is 12.0 Å². The molecule has 0 fully saturated rings. The van der Waals surface area contributed by atoms with Crippen molar-refractivity contribution in [3.63, 3.8) is 0 Å². The Labute approximate surface area is 138 Å². The fraction of sp³-hybridized carbons (Fsp3) is 0.250. The second-order valence-corrected chi connectivity index (χ2v) is 6.32. The summed E-state index contributed by atoms with van der Waals surface area (Å²) >= 11 is 15.7. The molecule has 1 N–H and O–H groups in total. The minimum Gasteiger partial charge on any atom is -0.310 e. The van der Waals surface area contributed by atoms with E-state index in [9.17, 15) is 0 Å². The molecule has 0 saturated carbocycles. The first-order valence-electron chi connectivity index (χ1n) is 6.53. The molecule has 0 aliphatic heterocycles. The summed E-state index contributed by atoms with van der Waals surface area (Å²) in [4.78, 5) is 0. The Morgan fingerprint density at radius 2 is 1.95 bits per heavy atom. The number of rotatable bonds is 5. The van der Waals surface area contributed by atoms with Crippen molar-refractivity contribution in [1.29, 1.82) is 0 Å². The molecule has 0 amide bonds. The smallest absolute Gasteiger partial charge is 0.0551 e. The van der Waals surface area contributed by atoms with Gasteiger partial charge in [0.2, 0.25) is 0 Å². The highest BCUT2D eigenvalue weighted by atomic mass is 79.9. The van der Waals surface area contributed by atoms with Crippen LogP contribution in [0, 0.1) is 0 Å². The van der Waals surface area contributed by atoms with Gasteiger partial charge >= 0.3 is 0 Å². The molecule has 1 atom stereocenters. The van der Waals surface area contributed by atoms with Crippen LogP contribution in [0.25, 0.3) is 0 Å². The Morgan fingerprint density at radius 1 is 1.15 bits per heavy atom. The summed E-state index contributed by atoms with van der Waals surface area (Å²) in [6.45, 7) is 3.00. The average molecular weight is 373 g/mol. The van der Waals surface area contributed by atoms with Gasteiger partial charge in [0.15, 0.2) is 0 Å². The highest BCUT2D eigenvalue weighted by Gasteiger charge is 2.12. The van der Waals surface area contributed by atoms with Crippen molar-refractivity contribution in [3.05, 3.63) is 68.1 Å². The number of hydrogen-bond donors (Lipinski definition) is 1.